The van der Waals surface area contributed by atoms with Gasteiger partial charge in [-0.15, -0.1) is 11.3 Å². The number of hydrogen-bond acceptors (Lipinski definition) is 2. The zero-order valence-corrected chi connectivity index (χ0v) is 12.8. The van der Waals surface area contributed by atoms with Crippen molar-refractivity contribution in [2.45, 2.75) is 59.4 Å². The van der Waals surface area contributed by atoms with Crippen molar-refractivity contribution in [3.05, 3.63) is 21.9 Å². The van der Waals surface area contributed by atoms with Gasteiger partial charge in [0.25, 0.3) is 0 Å². The summed E-state index contributed by atoms with van der Waals surface area (Å²) in [5, 5.41) is 3.45. The summed E-state index contributed by atoms with van der Waals surface area (Å²) < 4.78 is 0. The lowest BCUT2D eigenvalue weighted by atomic mass is 9.84. The zero-order valence-electron chi connectivity index (χ0n) is 12.0. The van der Waals surface area contributed by atoms with Crippen LogP contribution in [0.25, 0.3) is 0 Å². The highest BCUT2D eigenvalue weighted by molar-refractivity contribution is 7.11. The highest BCUT2D eigenvalue weighted by Gasteiger charge is 2.22. The third kappa shape index (κ3) is 4.81. The lowest BCUT2D eigenvalue weighted by Crippen LogP contribution is -2.37. The quantitative estimate of drug-likeness (QED) is 0.798. The molecule has 1 nitrogen and oxygen atoms in total. The molecular formula is C15H27NS. The van der Waals surface area contributed by atoms with E-state index in [1.807, 2.05) is 11.3 Å². The Bertz CT molecular complexity index is 322. The van der Waals surface area contributed by atoms with Gasteiger partial charge in [-0.2, -0.15) is 0 Å². The fraction of sp³-hybridized carbons (Fsp3) is 0.733. The van der Waals surface area contributed by atoms with E-state index < -0.39 is 0 Å². The zero-order chi connectivity index (χ0) is 12.9. The van der Waals surface area contributed by atoms with E-state index in [-0.39, 0.29) is 0 Å². The van der Waals surface area contributed by atoms with Crippen molar-refractivity contribution < 1.29 is 0 Å². The minimum Gasteiger partial charge on any atom is -0.316 e. The Balaban J connectivity index is 2.36. The van der Waals surface area contributed by atoms with E-state index in [0.29, 0.717) is 11.5 Å². The van der Waals surface area contributed by atoms with Crippen molar-refractivity contribution in [2.24, 2.45) is 5.41 Å². The summed E-state index contributed by atoms with van der Waals surface area (Å²) in [5.74, 6) is 0. The largest absolute Gasteiger partial charge is 0.316 e. The molecule has 17 heavy (non-hydrogen) atoms. The summed E-state index contributed by atoms with van der Waals surface area (Å²) in [6, 6.07) is 5.20. The average molecular weight is 253 g/mol. The molecule has 0 aromatic carbocycles. The minimum absolute atomic E-state index is 0.360. The second-order valence-electron chi connectivity index (χ2n) is 5.82. The first kappa shape index (κ1) is 14.7. The topological polar surface area (TPSA) is 12.0 Å². The molecule has 0 saturated carbocycles. The maximum Gasteiger partial charge on any atom is 0.0113 e. The summed E-state index contributed by atoms with van der Waals surface area (Å²) in [6.07, 6.45) is 4.95. The van der Waals surface area contributed by atoms with Gasteiger partial charge in [0.05, 0.1) is 0 Å². The van der Waals surface area contributed by atoms with Crippen LogP contribution in [0.4, 0.5) is 0 Å². The molecule has 98 valence electrons. The molecule has 1 unspecified atom stereocenters. The van der Waals surface area contributed by atoms with Crippen LogP contribution in [0.15, 0.2) is 12.1 Å². The summed E-state index contributed by atoms with van der Waals surface area (Å²) in [4.78, 5) is 3.06. The molecule has 1 heterocycles. The van der Waals surface area contributed by atoms with Gasteiger partial charge in [0, 0.05) is 15.8 Å². The molecule has 1 atom stereocenters. The molecule has 0 aliphatic carbocycles. The Morgan fingerprint density at radius 1 is 1.24 bits per heavy atom. The molecule has 0 aliphatic heterocycles. The van der Waals surface area contributed by atoms with E-state index in [0.717, 1.165) is 0 Å². The predicted molar refractivity (Wildman–Crippen MR) is 78.9 cm³/mol. The number of nitrogens with one attached hydrogen (secondary N) is 1. The van der Waals surface area contributed by atoms with Crippen LogP contribution in [0.1, 0.15) is 50.3 Å². The Morgan fingerprint density at radius 2 is 1.88 bits per heavy atom. The maximum atomic E-state index is 3.45. The molecule has 0 saturated heterocycles. The van der Waals surface area contributed by atoms with Crippen LogP contribution in [0.2, 0.25) is 0 Å². The van der Waals surface area contributed by atoms with Crippen LogP contribution in [0.5, 0.6) is 0 Å². The average Bonchev–Trinajstić information content (AvgIpc) is 2.70. The van der Waals surface area contributed by atoms with Crippen molar-refractivity contribution in [3.63, 3.8) is 0 Å². The van der Waals surface area contributed by atoms with E-state index in [9.17, 15) is 0 Å². The fourth-order valence-corrected chi connectivity index (χ4v) is 3.24. The van der Waals surface area contributed by atoms with Crippen LogP contribution in [-0.4, -0.2) is 13.1 Å². The van der Waals surface area contributed by atoms with Crippen LogP contribution in [0.3, 0.4) is 0 Å². The van der Waals surface area contributed by atoms with Gasteiger partial charge in [0.1, 0.15) is 0 Å². The summed E-state index contributed by atoms with van der Waals surface area (Å²) >= 11 is 1.98. The Kier molecular flexibility index (Phi) is 5.68. The van der Waals surface area contributed by atoms with E-state index in [2.05, 4.69) is 52.2 Å². The molecular weight excluding hydrogens is 226 g/mol. The first-order chi connectivity index (χ1) is 7.97. The van der Waals surface area contributed by atoms with Gasteiger partial charge in [0.15, 0.2) is 0 Å². The van der Waals surface area contributed by atoms with Crippen LogP contribution < -0.4 is 5.32 Å². The second kappa shape index (κ2) is 6.55. The van der Waals surface area contributed by atoms with E-state index in [1.165, 1.54) is 30.6 Å². The summed E-state index contributed by atoms with van der Waals surface area (Å²) in [6.45, 7) is 9.17. The molecule has 0 radical (unpaired) electrons. The van der Waals surface area contributed by atoms with E-state index >= 15 is 0 Å². The maximum absolute atomic E-state index is 3.45. The normalized spacial score (nSPS) is 13.9. The molecule has 1 N–H and O–H groups in total. The minimum atomic E-state index is 0.360. The molecule has 0 spiro atoms. The first-order valence-corrected chi connectivity index (χ1v) is 7.54. The fourth-order valence-electron chi connectivity index (χ4n) is 2.24. The van der Waals surface area contributed by atoms with Crippen LogP contribution in [-0.2, 0) is 12.8 Å². The Hall–Kier alpha value is -0.340. The van der Waals surface area contributed by atoms with Gasteiger partial charge in [-0.25, -0.2) is 0 Å². The van der Waals surface area contributed by atoms with Crippen LogP contribution >= 0.6 is 11.3 Å². The molecule has 0 amide bonds. The number of thiophene rings is 1. The van der Waals surface area contributed by atoms with Crippen molar-refractivity contribution in [1.29, 1.82) is 0 Å². The van der Waals surface area contributed by atoms with Crippen molar-refractivity contribution in [1.82, 2.24) is 5.32 Å². The highest BCUT2D eigenvalue weighted by atomic mass is 32.1. The Labute approximate surface area is 111 Å². The van der Waals surface area contributed by atoms with E-state index in [4.69, 9.17) is 0 Å². The second-order valence-corrected chi connectivity index (χ2v) is 7.07. The van der Waals surface area contributed by atoms with E-state index in [1.54, 1.807) is 4.88 Å². The standard InChI is InChI=1S/C15H27NS/c1-6-12-10-11-13(17-12)8-7-9-14(16-5)15(2,3)4/h10-11,14,16H,6-9H2,1-5H3. The van der Waals surface area contributed by atoms with Gasteiger partial charge >= 0.3 is 0 Å². The monoisotopic (exact) mass is 253 g/mol. The number of hydrogen-bond donors (Lipinski definition) is 1. The molecule has 1 aromatic heterocycles. The van der Waals surface area contributed by atoms with Crippen molar-refractivity contribution in [2.75, 3.05) is 7.05 Å². The highest BCUT2D eigenvalue weighted by Crippen LogP contribution is 2.24. The molecule has 0 bridgehead atoms. The van der Waals surface area contributed by atoms with Gasteiger partial charge in [-0.3, -0.25) is 0 Å². The van der Waals surface area contributed by atoms with Gasteiger partial charge in [-0.05, 0) is 50.3 Å². The van der Waals surface area contributed by atoms with Crippen LogP contribution in [0, 0.1) is 5.41 Å². The molecule has 1 aromatic rings. The molecule has 1 rings (SSSR count). The number of aryl methyl sites for hydroxylation is 2. The summed E-state index contributed by atoms with van der Waals surface area (Å²) in [5.41, 5.74) is 0.360. The Morgan fingerprint density at radius 3 is 2.35 bits per heavy atom. The summed E-state index contributed by atoms with van der Waals surface area (Å²) in [7, 11) is 2.08. The smallest absolute Gasteiger partial charge is 0.0113 e. The number of rotatable bonds is 6. The molecule has 2 heteroatoms. The van der Waals surface area contributed by atoms with Gasteiger partial charge in [-0.1, -0.05) is 27.7 Å². The third-order valence-corrected chi connectivity index (χ3v) is 4.66. The first-order valence-electron chi connectivity index (χ1n) is 6.72. The lowest BCUT2D eigenvalue weighted by Gasteiger charge is -2.30. The van der Waals surface area contributed by atoms with Gasteiger partial charge in [0.2, 0.25) is 0 Å². The lowest BCUT2D eigenvalue weighted by molar-refractivity contribution is 0.264. The van der Waals surface area contributed by atoms with Crippen molar-refractivity contribution in [3.8, 4) is 0 Å². The van der Waals surface area contributed by atoms with Gasteiger partial charge < -0.3 is 5.32 Å². The SMILES string of the molecule is CCc1ccc(CCCC(NC)C(C)(C)C)s1. The third-order valence-electron chi connectivity index (χ3n) is 3.38. The molecule has 0 fully saturated rings. The predicted octanol–water partition coefficient (Wildman–Crippen LogP) is 4.27. The molecule has 0 aliphatic rings. The van der Waals surface area contributed by atoms with Crippen molar-refractivity contribution >= 4 is 11.3 Å².